The van der Waals surface area contributed by atoms with Crippen molar-refractivity contribution in [1.29, 1.82) is 0 Å². The molecule has 1 aliphatic heterocycles. The molecule has 3 atom stereocenters. The first-order valence-electron chi connectivity index (χ1n) is 7.62. The molecule has 0 unspecified atom stereocenters. The summed E-state index contributed by atoms with van der Waals surface area (Å²) in [7, 11) is 1.65. The summed E-state index contributed by atoms with van der Waals surface area (Å²) in [4.78, 5) is 11.4. The van der Waals surface area contributed by atoms with Crippen molar-refractivity contribution in [3.05, 3.63) is 12.3 Å². The third-order valence-electron chi connectivity index (χ3n) is 4.32. The van der Waals surface area contributed by atoms with Crippen LogP contribution in [0, 0.1) is 11.8 Å². The Morgan fingerprint density at radius 3 is 2.53 bits per heavy atom. The Kier molecular flexibility index (Phi) is 6.87. The predicted molar refractivity (Wildman–Crippen MR) is 77.6 cm³/mol. The Morgan fingerprint density at radius 2 is 2.00 bits per heavy atom. The summed E-state index contributed by atoms with van der Waals surface area (Å²) in [6.45, 7) is 8.90. The Balaban J connectivity index is 2.63. The van der Waals surface area contributed by atoms with Crippen molar-refractivity contribution < 1.29 is 14.5 Å². The Hall–Kier alpha value is -0.540. The van der Waals surface area contributed by atoms with Gasteiger partial charge in [-0.25, -0.2) is 9.78 Å². The van der Waals surface area contributed by atoms with Crippen molar-refractivity contribution in [1.82, 2.24) is 0 Å². The van der Waals surface area contributed by atoms with Crippen LogP contribution >= 0.6 is 0 Å². The SMILES string of the molecule is CCC(CC)C[C@@]1(C)C[C@@H](CC)[C@@H](/C=C/OC)OO1. The van der Waals surface area contributed by atoms with E-state index in [1.165, 1.54) is 12.8 Å². The van der Waals surface area contributed by atoms with E-state index in [2.05, 4.69) is 27.7 Å². The fourth-order valence-electron chi connectivity index (χ4n) is 2.98. The lowest BCUT2D eigenvalue weighted by Gasteiger charge is -2.41. The van der Waals surface area contributed by atoms with E-state index >= 15 is 0 Å². The van der Waals surface area contributed by atoms with Crippen LogP contribution in [-0.4, -0.2) is 18.8 Å². The largest absolute Gasteiger partial charge is 0.505 e. The van der Waals surface area contributed by atoms with Crippen molar-refractivity contribution in [2.24, 2.45) is 11.8 Å². The highest BCUT2D eigenvalue weighted by atomic mass is 17.2. The van der Waals surface area contributed by atoms with Crippen LogP contribution in [0.15, 0.2) is 12.3 Å². The minimum Gasteiger partial charge on any atom is -0.505 e. The average Bonchev–Trinajstić information content (AvgIpc) is 2.43. The lowest BCUT2D eigenvalue weighted by Crippen LogP contribution is -2.43. The highest BCUT2D eigenvalue weighted by Gasteiger charge is 2.39. The molecule has 1 heterocycles. The first-order valence-corrected chi connectivity index (χ1v) is 7.62. The smallest absolute Gasteiger partial charge is 0.117 e. The van der Waals surface area contributed by atoms with Crippen molar-refractivity contribution >= 4 is 0 Å². The van der Waals surface area contributed by atoms with Gasteiger partial charge in [0.2, 0.25) is 0 Å². The van der Waals surface area contributed by atoms with Crippen molar-refractivity contribution in [2.45, 2.75) is 71.5 Å². The molecule has 1 aliphatic rings. The van der Waals surface area contributed by atoms with Crippen LogP contribution in [-0.2, 0) is 14.5 Å². The Bertz CT molecular complexity index is 273. The molecular weight excluding hydrogens is 240 g/mol. The molecule has 0 aromatic heterocycles. The van der Waals surface area contributed by atoms with E-state index < -0.39 is 0 Å². The van der Waals surface area contributed by atoms with E-state index in [1.54, 1.807) is 13.4 Å². The zero-order valence-electron chi connectivity index (χ0n) is 13.1. The molecule has 0 aromatic rings. The van der Waals surface area contributed by atoms with Crippen LogP contribution in [0.1, 0.15) is 59.8 Å². The first kappa shape index (κ1) is 16.5. The predicted octanol–water partition coefficient (Wildman–Crippen LogP) is 4.48. The second-order valence-electron chi connectivity index (χ2n) is 5.92. The highest BCUT2D eigenvalue weighted by Crippen LogP contribution is 2.38. The molecule has 112 valence electrons. The van der Waals surface area contributed by atoms with Gasteiger partial charge in [-0.2, -0.15) is 0 Å². The average molecular weight is 270 g/mol. The quantitative estimate of drug-likeness (QED) is 0.504. The first-order chi connectivity index (χ1) is 9.08. The molecule has 0 amide bonds. The molecule has 0 saturated carbocycles. The summed E-state index contributed by atoms with van der Waals surface area (Å²) in [5.41, 5.74) is -0.144. The maximum absolute atomic E-state index is 5.73. The zero-order chi connectivity index (χ0) is 14.3. The van der Waals surface area contributed by atoms with Crippen LogP contribution in [0.2, 0.25) is 0 Å². The molecule has 1 rings (SSSR count). The molecule has 0 aliphatic carbocycles. The summed E-state index contributed by atoms with van der Waals surface area (Å²) in [5.74, 6) is 1.22. The maximum atomic E-state index is 5.73. The van der Waals surface area contributed by atoms with E-state index in [9.17, 15) is 0 Å². The van der Waals surface area contributed by atoms with E-state index in [-0.39, 0.29) is 11.7 Å². The number of rotatable bonds is 7. The van der Waals surface area contributed by atoms with Crippen LogP contribution < -0.4 is 0 Å². The van der Waals surface area contributed by atoms with Gasteiger partial charge in [0.1, 0.15) is 11.7 Å². The molecule has 1 saturated heterocycles. The van der Waals surface area contributed by atoms with Crippen molar-refractivity contribution in [3.8, 4) is 0 Å². The van der Waals surface area contributed by atoms with Gasteiger partial charge >= 0.3 is 0 Å². The van der Waals surface area contributed by atoms with Crippen LogP contribution in [0.4, 0.5) is 0 Å². The van der Waals surface area contributed by atoms with Gasteiger partial charge in [-0.15, -0.1) is 0 Å². The lowest BCUT2D eigenvalue weighted by atomic mass is 9.79. The minimum atomic E-state index is -0.144. The van der Waals surface area contributed by atoms with Crippen LogP contribution in [0.25, 0.3) is 0 Å². The molecular formula is C16H30O3. The van der Waals surface area contributed by atoms with E-state index in [0.29, 0.717) is 5.92 Å². The summed E-state index contributed by atoms with van der Waals surface area (Å²) in [6.07, 6.45) is 9.29. The lowest BCUT2D eigenvalue weighted by molar-refractivity contribution is -0.411. The van der Waals surface area contributed by atoms with Gasteiger partial charge in [0.15, 0.2) is 0 Å². The molecule has 19 heavy (non-hydrogen) atoms. The molecule has 3 nitrogen and oxygen atoms in total. The zero-order valence-corrected chi connectivity index (χ0v) is 13.1. The molecule has 0 aromatic carbocycles. The molecule has 0 bridgehead atoms. The van der Waals surface area contributed by atoms with E-state index in [4.69, 9.17) is 14.5 Å². The third kappa shape index (κ3) is 4.81. The van der Waals surface area contributed by atoms with Gasteiger partial charge in [-0.3, -0.25) is 0 Å². The van der Waals surface area contributed by atoms with Crippen LogP contribution in [0.3, 0.4) is 0 Å². The van der Waals surface area contributed by atoms with E-state index in [0.717, 1.165) is 25.2 Å². The number of methoxy groups -OCH3 is 1. The molecule has 1 fully saturated rings. The molecule has 0 N–H and O–H groups in total. The summed E-state index contributed by atoms with van der Waals surface area (Å²) in [6, 6.07) is 0. The van der Waals surface area contributed by atoms with Gasteiger partial charge < -0.3 is 4.74 Å². The second-order valence-corrected chi connectivity index (χ2v) is 5.92. The van der Waals surface area contributed by atoms with Crippen LogP contribution in [0.5, 0.6) is 0 Å². The molecule has 3 heteroatoms. The molecule has 0 spiro atoms. The highest BCUT2D eigenvalue weighted by molar-refractivity contribution is 4.94. The van der Waals surface area contributed by atoms with E-state index in [1.807, 2.05) is 6.08 Å². The second kappa shape index (κ2) is 7.91. The number of hydrogen-bond acceptors (Lipinski definition) is 3. The Morgan fingerprint density at radius 1 is 1.32 bits per heavy atom. The summed E-state index contributed by atoms with van der Waals surface area (Å²) in [5, 5.41) is 0. The number of ether oxygens (including phenoxy) is 1. The number of hydrogen-bond donors (Lipinski definition) is 0. The monoisotopic (exact) mass is 270 g/mol. The standard InChI is InChI=1S/C16H30O3/c1-6-13(7-2)11-16(4)12-14(8-3)15(18-19-16)9-10-17-5/h9-10,13-15H,6-8,11-12H2,1-5H3/b10-9+/t14-,15-,16+/m1/s1. The van der Waals surface area contributed by atoms with Gasteiger partial charge in [0.25, 0.3) is 0 Å². The topological polar surface area (TPSA) is 27.7 Å². The van der Waals surface area contributed by atoms with Crippen molar-refractivity contribution in [2.75, 3.05) is 7.11 Å². The fourth-order valence-corrected chi connectivity index (χ4v) is 2.98. The van der Waals surface area contributed by atoms with Crippen molar-refractivity contribution in [3.63, 3.8) is 0 Å². The minimum absolute atomic E-state index is 0.0136. The maximum Gasteiger partial charge on any atom is 0.117 e. The molecule has 0 radical (unpaired) electrons. The summed E-state index contributed by atoms with van der Waals surface area (Å²) < 4.78 is 4.97. The summed E-state index contributed by atoms with van der Waals surface area (Å²) >= 11 is 0. The normalized spacial score (nSPS) is 32.1. The van der Waals surface area contributed by atoms with Gasteiger partial charge in [-0.1, -0.05) is 40.0 Å². The van der Waals surface area contributed by atoms with Gasteiger partial charge in [-0.05, 0) is 37.7 Å². The Labute approximate surface area is 118 Å². The fraction of sp³-hybridized carbons (Fsp3) is 0.875. The third-order valence-corrected chi connectivity index (χ3v) is 4.32. The van der Waals surface area contributed by atoms with Gasteiger partial charge in [0, 0.05) is 0 Å². The van der Waals surface area contributed by atoms with Gasteiger partial charge in [0.05, 0.1) is 13.4 Å².